The first-order valence-corrected chi connectivity index (χ1v) is 12.5. The van der Waals surface area contributed by atoms with Crippen LogP contribution in [-0.2, 0) is 27.2 Å². The van der Waals surface area contributed by atoms with E-state index in [1.54, 1.807) is 14.0 Å². The maximum absolute atomic E-state index is 12.4. The summed E-state index contributed by atoms with van der Waals surface area (Å²) >= 11 is 0. The first-order valence-electron chi connectivity index (χ1n) is 12.5. The maximum Gasteiger partial charge on any atom is 0.306 e. The lowest BCUT2D eigenvalue weighted by Crippen LogP contribution is -2.35. The van der Waals surface area contributed by atoms with Gasteiger partial charge in [0.15, 0.2) is 0 Å². The highest BCUT2D eigenvalue weighted by molar-refractivity contribution is 5.75. The molecular formula is C29H41NO5. The highest BCUT2D eigenvalue weighted by atomic mass is 16.6. The molecular weight excluding hydrogens is 442 g/mol. The SMILES string of the molecule is COc1ccc(CCc2ccccc2OC[C@@H](CN(C)C)OC(=O)CCCCCCC(C)=O)cc1. The van der Waals surface area contributed by atoms with Crippen LogP contribution in [0.4, 0.5) is 0 Å². The number of methoxy groups -OCH3 is 1. The summed E-state index contributed by atoms with van der Waals surface area (Å²) in [6, 6.07) is 16.1. The van der Waals surface area contributed by atoms with Gasteiger partial charge in [-0.1, -0.05) is 43.2 Å². The number of ketones is 1. The molecule has 6 nitrogen and oxygen atoms in total. The van der Waals surface area contributed by atoms with Crippen molar-refractivity contribution in [2.75, 3.05) is 34.4 Å². The summed E-state index contributed by atoms with van der Waals surface area (Å²) in [4.78, 5) is 25.4. The van der Waals surface area contributed by atoms with Gasteiger partial charge in [-0.05, 0) is 76.0 Å². The fraction of sp³-hybridized carbons (Fsp3) is 0.517. The first kappa shape index (κ1) is 28.4. The minimum atomic E-state index is -0.343. The quantitative estimate of drug-likeness (QED) is 0.226. The number of Topliss-reactive ketones (excluding diaryl/α,β-unsaturated/α-hetero) is 1. The van der Waals surface area contributed by atoms with E-state index in [-0.39, 0.29) is 17.9 Å². The molecule has 0 unspecified atom stereocenters. The Kier molecular flexibility index (Phi) is 12.9. The number of esters is 1. The summed E-state index contributed by atoms with van der Waals surface area (Å²) in [5.74, 6) is 1.70. The molecule has 0 aliphatic rings. The highest BCUT2D eigenvalue weighted by Gasteiger charge is 2.17. The van der Waals surface area contributed by atoms with Crippen molar-refractivity contribution in [2.24, 2.45) is 0 Å². The molecule has 192 valence electrons. The lowest BCUT2D eigenvalue weighted by Gasteiger charge is -2.22. The van der Waals surface area contributed by atoms with Crippen LogP contribution < -0.4 is 9.47 Å². The van der Waals surface area contributed by atoms with E-state index in [0.29, 0.717) is 26.0 Å². The van der Waals surface area contributed by atoms with Crippen molar-refractivity contribution in [2.45, 2.75) is 64.4 Å². The third-order valence-electron chi connectivity index (χ3n) is 5.77. The fourth-order valence-electron chi connectivity index (χ4n) is 3.88. The largest absolute Gasteiger partial charge is 0.497 e. The number of para-hydroxylation sites is 1. The number of carbonyl (C=O) groups is 2. The molecule has 0 spiro atoms. The molecule has 2 aromatic rings. The number of aryl methyl sites for hydroxylation is 2. The van der Waals surface area contributed by atoms with Gasteiger partial charge in [-0.2, -0.15) is 0 Å². The zero-order valence-electron chi connectivity index (χ0n) is 21.8. The number of unbranched alkanes of at least 4 members (excludes halogenated alkanes) is 3. The van der Waals surface area contributed by atoms with E-state index in [9.17, 15) is 9.59 Å². The van der Waals surface area contributed by atoms with Crippen LogP contribution in [-0.4, -0.2) is 57.1 Å². The predicted molar refractivity (Wildman–Crippen MR) is 139 cm³/mol. The molecule has 2 rings (SSSR count). The number of benzene rings is 2. The van der Waals surface area contributed by atoms with Crippen molar-refractivity contribution in [3.63, 3.8) is 0 Å². The number of rotatable bonds is 17. The van der Waals surface area contributed by atoms with Crippen LogP contribution in [0.5, 0.6) is 11.5 Å². The molecule has 0 amide bonds. The molecule has 0 heterocycles. The number of carbonyl (C=O) groups excluding carboxylic acids is 2. The molecule has 0 bridgehead atoms. The second kappa shape index (κ2) is 15.9. The summed E-state index contributed by atoms with van der Waals surface area (Å²) in [6.07, 6.45) is 5.97. The highest BCUT2D eigenvalue weighted by Crippen LogP contribution is 2.21. The molecule has 0 radical (unpaired) electrons. The second-order valence-electron chi connectivity index (χ2n) is 9.26. The number of ether oxygens (including phenoxy) is 3. The standard InChI is InChI=1S/C29H41NO5/c1-23(31)11-7-5-6-8-14-29(32)35-27(21-30(2)3)22-34-28-13-10-9-12-25(28)18-15-24-16-19-26(33-4)20-17-24/h9-10,12-13,16-17,19-20,27H,5-8,11,14-15,18,21-22H2,1-4H3/t27-/m1/s1. The Morgan fingerprint density at radius 1 is 0.886 bits per heavy atom. The Morgan fingerprint density at radius 3 is 2.23 bits per heavy atom. The van der Waals surface area contributed by atoms with Gasteiger partial charge in [0.25, 0.3) is 0 Å². The van der Waals surface area contributed by atoms with Crippen LogP contribution in [0.1, 0.15) is 56.6 Å². The molecule has 0 fully saturated rings. The van der Waals surface area contributed by atoms with Crippen LogP contribution in [0.25, 0.3) is 0 Å². The summed E-state index contributed by atoms with van der Waals surface area (Å²) in [7, 11) is 5.58. The van der Waals surface area contributed by atoms with E-state index < -0.39 is 0 Å². The van der Waals surface area contributed by atoms with Crippen LogP contribution >= 0.6 is 0 Å². The zero-order chi connectivity index (χ0) is 25.5. The molecule has 0 saturated heterocycles. The monoisotopic (exact) mass is 483 g/mol. The van der Waals surface area contributed by atoms with Crippen molar-refractivity contribution < 1.29 is 23.8 Å². The van der Waals surface area contributed by atoms with E-state index >= 15 is 0 Å². The van der Waals surface area contributed by atoms with Crippen molar-refractivity contribution in [1.29, 1.82) is 0 Å². The number of hydrogen-bond donors (Lipinski definition) is 0. The van der Waals surface area contributed by atoms with Gasteiger partial charge in [0, 0.05) is 19.4 Å². The van der Waals surface area contributed by atoms with Crippen LogP contribution in [0, 0.1) is 0 Å². The molecule has 6 heteroatoms. The molecule has 0 aromatic heterocycles. The smallest absolute Gasteiger partial charge is 0.306 e. The summed E-state index contributed by atoms with van der Waals surface area (Å²) in [5.41, 5.74) is 2.37. The Morgan fingerprint density at radius 2 is 1.57 bits per heavy atom. The van der Waals surface area contributed by atoms with E-state index in [1.807, 2.05) is 49.3 Å². The molecule has 0 aliphatic carbocycles. The average molecular weight is 484 g/mol. The van der Waals surface area contributed by atoms with E-state index in [4.69, 9.17) is 14.2 Å². The van der Waals surface area contributed by atoms with Crippen LogP contribution in [0.2, 0.25) is 0 Å². The Balaban J connectivity index is 1.84. The Bertz CT molecular complexity index is 894. The van der Waals surface area contributed by atoms with Gasteiger partial charge in [0.1, 0.15) is 30.0 Å². The normalized spacial score (nSPS) is 11.8. The molecule has 1 atom stereocenters. The first-order chi connectivity index (χ1) is 16.9. The lowest BCUT2D eigenvalue weighted by atomic mass is 10.0. The Hall–Kier alpha value is -2.86. The third-order valence-corrected chi connectivity index (χ3v) is 5.77. The minimum Gasteiger partial charge on any atom is -0.497 e. The van der Waals surface area contributed by atoms with E-state index in [0.717, 1.165) is 55.6 Å². The van der Waals surface area contributed by atoms with Crippen LogP contribution in [0.15, 0.2) is 48.5 Å². The number of hydrogen-bond acceptors (Lipinski definition) is 6. The second-order valence-corrected chi connectivity index (χ2v) is 9.26. The molecule has 0 N–H and O–H groups in total. The lowest BCUT2D eigenvalue weighted by molar-refractivity contribution is -0.151. The minimum absolute atomic E-state index is 0.195. The number of likely N-dealkylation sites (N-methyl/N-ethyl adjacent to an activating group) is 1. The third kappa shape index (κ3) is 11.9. The molecule has 0 aliphatic heterocycles. The van der Waals surface area contributed by atoms with Gasteiger partial charge in [-0.25, -0.2) is 0 Å². The van der Waals surface area contributed by atoms with Gasteiger partial charge in [0.05, 0.1) is 7.11 Å². The van der Waals surface area contributed by atoms with Gasteiger partial charge >= 0.3 is 5.97 Å². The van der Waals surface area contributed by atoms with Gasteiger partial charge in [-0.3, -0.25) is 4.79 Å². The predicted octanol–water partition coefficient (Wildman–Crippen LogP) is 5.26. The Labute approximate surface area is 210 Å². The van der Waals surface area contributed by atoms with E-state index in [1.165, 1.54) is 5.56 Å². The van der Waals surface area contributed by atoms with Gasteiger partial charge in [0.2, 0.25) is 0 Å². The number of nitrogens with zero attached hydrogens (tertiary/aromatic N) is 1. The topological polar surface area (TPSA) is 65.1 Å². The van der Waals surface area contributed by atoms with E-state index in [2.05, 4.69) is 18.2 Å². The maximum atomic E-state index is 12.4. The van der Waals surface area contributed by atoms with Crippen molar-refractivity contribution in [3.05, 3.63) is 59.7 Å². The molecule has 2 aromatic carbocycles. The fourth-order valence-corrected chi connectivity index (χ4v) is 3.88. The van der Waals surface area contributed by atoms with Gasteiger partial charge in [-0.15, -0.1) is 0 Å². The summed E-state index contributed by atoms with van der Waals surface area (Å²) in [6.45, 7) is 2.52. The average Bonchev–Trinajstić information content (AvgIpc) is 2.83. The summed E-state index contributed by atoms with van der Waals surface area (Å²) in [5, 5.41) is 0. The molecule has 35 heavy (non-hydrogen) atoms. The van der Waals surface area contributed by atoms with Crippen molar-refractivity contribution >= 4 is 11.8 Å². The van der Waals surface area contributed by atoms with Gasteiger partial charge < -0.3 is 23.9 Å². The van der Waals surface area contributed by atoms with Crippen LogP contribution in [0.3, 0.4) is 0 Å². The van der Waals surface area contributed by atoms with Crippen molar-refractivity contribution in [3.8, 4) is 11.5 Å². The summed E-state index contributed by atoms with van der Waals surface area (Å²) < 4.78 is 17.1. The zero-order valence-corrected chi connectivity index (χ0v) is 21.8. The van der Waals surface area contributed by atoms with Crippen molar-refractivity contribution in [1.82, 2.24) is 4.90 Å². The molecule has 0 saturated carbocycles.